The molecular formula is C19H14Cl2N8. The van der Waals surface area contributed by atoms with Gasteiger partial charge in [0.1, 0.15) is 0 Å². The SMILES string of the molecule is Cn1cnc2cc(-c3nc4c(N)ncn(Cc5c(Cl)cncc5Cl)c-4n3)ccc21. The first-order chi connectivity index (χ1) is 14.0. The van der Waals surface area contributed by atoms with Crippen LogP contribution in [0.5, 0.6) is 0 Å². The van der Waals surface area contributed by atoms with Crippen LogP contribution >= 0.6 is 23.2 Å². The summed E-state index contributed by atoms with van der Waals surface area (Å²) in [4.78, 5) is 22.0. The van der Waals surface area contributed by atoms with Crippen LogP contribution in [0.1, 0.15) is 5.56 Å². The molecule has 0 bridgehead atoms. The molecule has 2 N–H and O–H groups in total. The number of pyridine rings is 1. The van der Waals surface area contributed by atoms with Gasteiger partial charge in [0.25, 0.3) is 0 Å². The molecule has 0 unspecified atom stereocenters. The third-order valence-corrected chi connectivity index (χ3v) is 5.41. The van der Waals surface area contributed by atoms with E-state index in [2.05, 4.69) is 19.9 Å². The molecular weight excluding hydrogens is 411 g/mol. The Bertz CT molecular complexity index is 1320. The summed E-state index contributed by atoms with van der Waals surface area (Å²) in [6.07, 6.45) is 6.48. The average Bonchev–Trinajstić information content (AvgIpc) is 3.31. The first-order valence-corrected chi connectivity index (χ1v) is 9.44. The quantitative estimate of drug-likeness (QED) is 0.474. The Morgan fingerprint density at radius 3 is 2.62 bits per heavy atom. The molecule has 1 aromatic carbocycles. The predicted octanol–water partition coefficient (Wildman–Crippen LogP) is 3.66. The molecule has 2 aromatic heterocycles. The number of halogens is 2. The third kappa shape index (κ3) is 2.97. The van der Waals surface area contributed by atoms with Crippen molar-refractivity contribution in [2.45, 2.75) is 6.54 Å². The van der Waals surface area contributed by atoms with Crippen LogP contribution < -0.4 is 5.73 Å². The maximum Gasteiger partial charge on any atom is 0.166 e. The van der Waals surface area contributed by atoms with Gasteiger partial charge < -0.3 is 14.9 Å². The molecule has 144 valence electrons. The van der Waals surface area contributed by atoms with Crippen LogP contribution in [0.25, 0.3) is 33.9 Å². The van der Waals surface area contributed by atoms with Gasteiger partial charge in [0.2, 0.25) is 0 Å². The van der Waals surface area contributed by atoms with E-state index in [1.807, 2.05) is 34.4 Å². The number of hydrogen-bond donors (Lipinski definition) is 1. The monoisotopic (exact) mass is 424 g/mol. The smallest absolute Gasteiger partial charge is 0.166 e. The lowest BCUT2D eigenvalue weighted by molar-refractivity contribution is 0.762. The van der Waals surface area contributed by atoms with E-state index < -0.39 is 0 Å². The van der Waals surface area contributed by atoms with Crippen molar-refractivity contribution in [1.29, 1.82) is 0 Å². The lowest BCUT2D eigenvalue weighted by atomic mass is 10.2. The summed E-state index contributed by atoms with van der Waals surface area (Å²) in [6.45, 7) is 0.362. The number of fused-ring (bicyclic) bond motifs is 2. The van der Waals surface area contributed by atoms with Gasteiger partial charge in [0, 0.05) is 30.6 Å². The lowest BCUT2D eigenvalue weighted by Gasteiger charge is -2.13. The first-order valence-electron chi connectivity index (χ1n) is 8.69. The van der Waals surface area contributed by atoms with E-state index >= 15 is 0 Å². The molecule has 10 heteroatoms. The second-order valence-electron chi connectivity index (χ2n) is 6.62. The van der Waals surface area contributed by atoms with Crippen molar-refractivity contribution in [3.05, 3.63) is 58.9 Å². The van der Waals surface area contributed by atoms with Crippen molar-refractivity contribution in [2.24, 2.45) is 7.05 Å². The highest BCUT2D eigenvalue weighted by Gasteiger charge is 2.21. The highest BCUT2D eigenvalue weighted by Crippen LogP contribution is 2.31. The predicted molar refractivity (Wildman–Crippen MR) is 112 cm³/mol. The molecule has 0 atom stereocenters. The van der Waals surface area contributed by atoms with Gasteiger partial charge in [0.15, 0.2) is 23.2 Å². The largest absolute Gasteiger partial charge is 0.382 e. The summed E-state index contributed by atoms with van der Waals surface area (Å²) in [5.41, 5.74) is 10.0. The molecule has 29 heavy (non-hydrogen) atoms. The lowest BCUT2D eigenvalue weighted by Crippen LogP contribution is -2.10. The van der Waals surface area contributed by atoms with E-state index in [4.69, 9.17) is 33.9 Å². The van der Waals surface area contributed by atoms with Crippen LogP contribution in [-0.2, 0) is 13.6 Å². The number of imidazole rings is 2. The summed E-state index contributed by atoms with van der Waals surface area (Å²) < 4.78 is 3.77. The second kappa shape index (κ2) is 6.68. The number of rotatable bonds is 3. The van der Waals surface area contributed by atoms with Crippen molar-refractivity contribution in [1.82, 2.24) is 34.1 Å². The van der Waals surface area contributed by atoms with Gasteiger partial charge in [-0.15, -0.1) is 0 Å². The van der Waals surface area contributed by atoms with Gasteiger partial charge >= 0.3 is 0 Å². The van der Waals surface area contributed by atoms with Gasteiger partial charge in [-0.2, -0.15) is 0 Å². The summed E-state index contributed by atoms with van der Waals surface area (Å²) in [7, 11) is 1.95. The van der Waals surface area contributed by atoms with Gasteiger partial charge in [-0.05, 0) is 18.2 Å². The van der Waals surface area contributed by atoms with Crippen LogP contribution in [0.2, 0.25) is 10.0 Å². The molecule has 0 saturated heterocycles. The van der Waals surface area contributed by atoms with Crippen LogP contribution in [0.15, 0.2) is 43.2 Å². The fraction of sp³-hybridized carbons (Fsp3) is 0.105. The van der Waals surface area contributed by atoms with Gasteiger partial charge in [-0.3, -0.25) is 4.98 Å². The molecule has 0 spiro atoms. The summed E-state index contributed by atoms with van der Waals surface area (Å²) >= 11 is 12.5. The van der Waals surface area contributed by atoms with E-state index in [0.717, 1.165) is 22.2 Å². The molecule has 3 aromatic rings. The molecule has 0 saturated carbocycles. The number of nitrogens with two attached hydrogens (primary N) is 1. The van der Waals surface area contributed by atoms with Crippen LogP contribution in [0.4, 0.5) is 5.82 Å². The first kappa shape index (κ1) is 17.8. The molecule has 0 fully saturated rings. The van der Waals surface area contributed by atoms with Crippen molar-refractivity contribution in [2.75, 3.05) is 5.73 Å². The van der Waals surface area contributed by atoms with E-state index in [1.165, 1.54) is 0 Å². The minimum absolute atomic E-state index is 0.306. The third-order valence-electron chi connectivity index (χ3n) is 4.76. The molecule has 8 nitrogen and oxygen atoms in total. The normalized spacial score (nSPS) is 11.6. The zero-order valence-corrected chi connectivity index (χ0v) is 16.7. The van der Waals surface area contributed by atoms with Gasteiger partial charge in [-0.1, -0.05) is 23.2 Å². The zero-order chi connectivity index (χ0) is 20.1. The molecule has 0 radical (unpaired) electrons. The van der Waals surface area contributed by atoms with Crippen molar-refractivity contribution in [3.63, 3.8) is 0 Å². The number of anilines is 1. The number of nitrogens with zero attached hydrogens (tertiary/aromatic N) is 7. The summed E-state index contributed by atoms with van der Waals surface area (Å²) in [5, 5.41) is 0.936. The minimum Gasteiger partial charge on any atom is -0.382 e. The Balaban J connectivity index is 1.62. The fourth-order valence-corrected chi connectivity index (χ4v) is 3.72. The van der Waals surface area contributed by atoms with Gasteiger partial charge in [0.05, 0.1) is 40.3 Å². The number of benzene rings is 1. The topological polar surface area (TPSA) is 100 Å². The van der Waals surface area contributed by atoms with Crippen molar-refractivity contribution in [3.8, 4) is 22.9 Å². The van der Waals surface area contributed by atoms with Crippen LogP contribution in [-0.4, -0.2) is 34.1 Å². The average molecular weight is 425 g/mol. The molecule has 4 heterocycles. The number of aryl methyl sites for hydroxylation is 1. The molecule has 0 aliphatic carbocycles. The molecule has 5 rings (SSSR count). The highest BCUT2D eigenvalue weighted by molar-refractivity contribution is 6.35. The van der Waals surface area contributed by atoms with Gasteiger partial charge in [-0.25, -0.2) is 19.9 Å². The van der Waals surface area contributed by atoms with Crippen LogP contribution in [0.3, 0.4) is 0 Å². The summed E-state index contributed by atoms with van der Waals surface area (Å²) in [5.74, 6) is 1.45. The van der Waals surface area contributed by atoms with Crippen molar-refractivity contribution >= 4 is 40.1 Å². The van der Waals surface area contributed by atoms with E-state index in [0.29, 0.717) is 39.8 Å². The molecule has 2 aliphatic heterocycles. The van der Waals surface area contributed by atoms with E-state index in [9.17, 15) is 0 Å². The fourth-order valence-electron chi connectivity index (χ4n) is 3.23. The maximum atomic E-state index is 6.27. The number of hydrogen-bond acceptors (Lipinski definition) is 6. The van der Waals surface area contributed by atoms with E-state index in [1.54, 1.807) is 25.0 Å². The maximum absolute atomic E-state index is 6.27. The Kier molecular flexibility index (Phi) is 4.11. The summed E-state index contributed by atoms with van der Waals surface area (Å²) in [6, 6.07) is 5.90. The second-order valence-corrected chi connectivity index (χ2v) is 7.43. The highest BCUT2D eigenvalue weighted by atomic mass is 35.5. The minimum atomic E-state index is 0.306. The Labute approximate surface area is 175 Å². The zero-order valence-electron chi connectivity index (χ0n) is 15.2. The Hall–Kier alpha value is -3.23. The molecule has 0 amide bonds. The molecule has 2 aliphatic rings. The Morgan fingerprint density at radius 2 is 1.83 bits per heavy atom. The standard InChI is InChI=1S/C19H14Cl2N8/c1-28-8-24-14-4-10(2-3-15(14)28)18-26-16-17(22)25-9-29(19(16)27-18)7-11-12(20)5-23-6-13(11)21/h2-6,8-9H,7,22H2,1H3. The Morgan fingerprint density at radius 1 is 1.03 bits per heavy atom. The van der Waals surface area contributed by atoms with Crippen molar-refractivity contribution < 1.29 is 0 Å². The number of nitrogen functional groups attached to an aromatic ring is 1. The van der Waals surface area contributed by atoms with Crippen LogP contribution in [0, 0.1) is 0 Å². The number of aromatic nitrogens is 7. The van der Waals surface area contributed by atoms with E-state index in [-0.39, 0.29) is 0 Å².